The summed E-state index contributed by atoms with van der Waals surface area (Å²) < 4.78 is 13.2. The second-order valence-electron chi connectivity index (χ2n) is 2.67. The zero-order valence-corrected chi connectivity index (χ0v) is 7.63. The van der Waals surface area contributed by atoms with Gasteiger partial charge in [0.1, 0.15) is 5.82 Å². The normalized spacial score (nSPS) is 12.5. The maximum absolute atomic E-state index is 13.2. The Morgan fingerprint density at radius 2 is 2.54 bits per heavy atom. The number of likely N-dealkylation sites (N-methyl/N-ethyl adjacent to an activating group) is 1. The molecule has 0 saturated carbocycles. The van der Waals surface area contributed by atoms with Gasteiger partial charge in [-0.3, -0.25) is 4.98 Å². The lowest BCUT2D eigenvalue weighted by Gasteiger charge is -2.13. The molecule has 0 aromatic carbocycles. The average Bonchev–Trinajstić information content (AvgIpc) is 2.16. The van der Waals surface area contributed by atoms with E-state index in [0.29, 0.717) is 5.56 Å². The van der Waals surface area contributed by atoms with E-state index in [1.807, 2.05) is 6.92 Å². The number of hydrogen-bond acceptors (Lipinski definition) is 2. The highest BCUT2D eigenvalue weighted by Gasteiger charge is 2.09. The molecule has 1 aromatic heterocycles. The van der Waals surface area contributed by atoms with Gasteiger partial charge in [0.05, 0.1) is 12.2 Å². The lowest BCUT2D eigenvalue weighted by atomic mass is 10.1. The minimum absolute atomic E-state index is 0.131. The molecule has 0 aliphatic carbocycles. The van der Waals surface area contributed by atoms with Gasteiger partial charge in [-0.2, -0.15) is 0 Å². The molecule has 70 valence electrons. The van der Waals surface area contributed by atoms with E-state index in [0.717, 1.165) is 6.54 Å². The van der Waals surface area contributed by atoms with E-state index >= 15 is 0 Å². The van der Waals surface area contributed by atoms with E-state index in [1.54, 1.807) is 18.3 Å². The lowest BCUT2D eigenvalue weighted by molar-refractivity contribution is 0.562. The van der Waals surface area contributed by atoms with Crippen LogP contribution in [-0.4, -0.2) is 11.5 Å². The van der Waals surface area contributed by atoms with Crippen LogP contribution in [0.4, 0.5) is 4.39 Å². The van der Waals surface area contributed by atoms with Crippen molar-refractivity contribution < 1.29 is 4.39 Å². The molecule has 1 heterocycles. The van der Waals surface area contributed by atoms with Crippen LogP contribution in [0.3, 0.4) is 0 Å². The SMILES string of the molecule is C=CC(NCC)c1ccncc1F. The maximum Gasteiger partial charge on any atom is 0.146 e. The molecule has 0 bridgehead atoms. The zero-order chi connectivity index (χ0) is 9.68. The van der Waals surface area contributed by atoms with Crippen molar-refractivity contribution in [2.24, 2.45) is 0 Å². The molecule has 13 heavy (non-hydrogen) atoms. The molecule has 3 heteroatoms. The molecule has 1 N–H and O–H groups in total. The summed E-state index contributed by atoms with van der Waals surface area (Å²) in [5.41, 5.74) is 0.590. The van der Waals surface area contributed by atoms with Gasteiger partial charge in [0.15, 0.2) is 0 Å². The van der Waals surface area contributed by atoms with Crippen molar-refractivity contribution in [3.05, 3.63) is 42.5 Å². The van der Waals surface area contributed by atoms with Gasteiger partial charge in [-0.1, -0.05) is 13.0 Å². The monoisotopic (exact) mass is 180 g/mol. The van der Waals surface area contributed by atoms with Crippen molar-refractivity contribution in [1.29, 1.82) is 0 Å². The number of pyridine rings is 1. The highest BCUT2D eigenvalue weighted by molar-refractivity contribution is 5.21. The first-order chi connectivity index (χ1) is 6.29. The van der Waals surface area contributed by atoms with Crippen LogP contribution in [0.2, 0.25) is 0 Å². The summed E-state index contributed by atoms with van der Waals surface area (Å²) >= 11 is 0. The smallest absolute Gasteiger partial charge is 0.146 e. The van der Waals surface area contributed by atoms with Crippen molar-refractivity contribution in [2.45, 2.75) is 13.0 Å². The Kier molecular flexibility index (Phi) is 3.58. The molecule has 1 atom stereocenters. The molecular formula is C10H13FN2. The Morgan fingerprint density at radius 1 is 1.77 bits per heavy atom. The molecule has 0 amide bonds. The van der Waals surface area contributed by atoms with Crippen molar-refractivity contribution in [1.82, 2.24) is 10.3 Å². The van der Waals surface area contributed by atoms with Crippen molar-refractivity contribution >= 4 is 0 Å². The molecule has 0 saturated heterocycles. The molecule has 0 fully saturated rings. The first kappa shape index (κ1) is 9.86. The van der Waals surface area contributed by atoms with Crippen LogP contribution >= 0.6 is 0 Å². The summed E-state index contributed by atoms with van der Waals surface area (Å²) in [4.78, 5) is 3.68. The number of aromatic nitrogens is 1. The molecule has 1 unspecified atom stereocenters. The van der Waals surface area contributed by atoms with E-state index in [9.17, 15) is 4.39 Å². The molecule has 0 aliphatic heterocycles. The lowest BCUT2D eigenvalue weighted by Crippen LogP contribution is -2.19. The third-order valence-corrected chi connectivity index (χ3v) is 1.80. The fourth-order valence-electron chi connectivity index (χ4n) is 1.18. The van der Waals surface area contributed by atoms with Crippen LogP contribution in [0, 0.1) is 5.82 Å². The number of nitrogens with zero attached hydrogens (tertiary/aromatic N) is 1. The second kappa shape index (κ2) is 4.72. The summed E-state index contributed by atoms with van der Waals surface area (Å²) in [6.45, 7) is 6.39. The van der Waals surface area contributed by atoms with E-state index in [1.165, 1.54) is 6.20 Å². The van der Waals surface area contributed by atoms with Crippen molar-refractivity contribution in [2.75, 3.05) is 6.54 Å². The molecule has 0 radical (unpaired) electrons. The maximum atomic E-state index is 13.2. The summed E-state index contributed by atoms with van der Waals surface area (Å²) in [6.07, 6.45) is 4.47. The quantitative estimate of drug-likeness (QED) is 0.717. The first-order valence-corrected chi connectivity index (χ1v) is 4.25. The summed E-state index contributed by atoms with van der Waals surface area (Å²) in [6, 6.07) is 1.53. The van der Waals surface area contributed by atoms with Gasteiger partial charge >= 0.3 is 0 Å². The van der Waals surface area contributed by atoms with Gasteiger partial charge in [0.2, 0.25) is 0 Å². The van der Waals surface area contributed by atoms with Crippen molar-refractivity contribution in [3.8, 4) is 0 Å². The standard InChI is InChI=1S/C10H13FN2/c1-3-10(13-4-2)8-5-6-12-7-9(8)11/h3,5-7,10,13H,1,4H2,2H3. The highest BCUT2D eigenvalue weighted by Crippen LogP contribution is 2.15. The minimum Gasteiger partial charge on any atom is -0.307 e. The Labute approximate surface area is 77.5 Å². The molecule has 1 aromatic rings. The van der Waals surface area contributed by atoms with Crippen LogP contribution in [0.25, 0.3) is 0 Å². The van der Waals surface area contributed by atoms with E-state index in [4.69, 9.17) is 0 Å². The van der Waals surface area contributed by atoms with Crippen LogP contribution in [-0.2, 0) is 0 Å². The van der Waals surface area contributed by atoms with Crippen LogP contribution < -0.4 is 5.32 Å². The predicted octanol–water partition coefficient (Wildman–Crippen LogP) is 2.06. The molecular weight excluding hydrogens is 167 g/mol. The zero-order valence-electron chi connectivity index (χ0n) is 7.63. The highest BCUT2D eigenvalue weighted by atomic mass is 19.1. The van der Waals surface area contributed by atoms with Crippen LogP contribution in [0.1, 0.15) is 18.5 Å². The van der Waals surface area contributed by atoms with E-state index < -0.39 is 0 Å². The van der Waals surface area contributed by atoms with Gasteiger partial charge < -0.3 is 5.32 Å². The van der Waals surface area contributed by atoms with Gasteiger partial charge in [0, 0.05) is 11.8 Å². The summed E-state index contributed by atoms with van der Waals surface area (Å²) in [7, 11) is 0. The fourth-order valence-corrected chi connectivity index (χ4v) is 1.18. The van der Waals surface area contributed by atoms with Crippen LogP contribution in [0.15, 0.2) is 31.1 Å². The Bertz CT molecular complexity index is 286. The van der Waals surface area contributed by atoms with E-state index in [-0.39, 0.29) is 11.9 Å². The summed E-state index contributed by atoms with van der Waals surface area (Å²) in [5, 5.41) is 3.10. The molecule has 0 spiro atoms. The average molecular weight is 180 g/mol. The molecule has 2 nitrogen and oxygen atoms in total. The Balaban J connectivity index is 2.90. The fraction of sp³-hybridized carbons (Fsp3) is 0.300. The third-order valence-electron chi connectivity index (χ3n) is 1.80. The Morgan fingerprint density at radius 3 is 3.08 bits per heavy atom. The van der Waals surface area contributed by atoms with Gasteiger partial charge in [0.25, 0.3) is 0 Å². The first-order valence-electron chi connectivity index (χ1n) is 4.25. The predicted molar refractivity (Wildman–Crippen MR) is 50.8 cm³/mol. The molecule has 1 rings (SSSR count). The number of hydrogen-bond donors (Lipinski definition) is 1. The minimum atomic E-state index is -0.298. The van der Waals surface area contributed by atoms with Gasteiger partial charge in [-0.15, -0.1) is 6.58 Å². The van der Waals surface area contributed by atoms with Gasteiger partial charge in [-0.25, -0.2) is 4.39 Å². The second-order valence-corrected chi connectivity index (χ2v) is 2.67. The third kappa shape index (κ3) is 2.36. The summed E-state index contributed by atoms with van der Waals surface area (Å²) in [5.74, 6) is -0.298. The Hall–Kier alpha value is -1.22. The topological polar surface area (TPSA) is 24.9 Å². The van der Waals surface area contributed by atoms with Crippen LogP contribution in [0.5, 0.6) is 0 Å². The van der Waals surface area contributed by atoms with Gasteiger partial charge in [-0.05, 0) is 12.6 Å². The number of nitrogens with one attached hydrogen (secondary N) is 1. The van der Waals surface area contributed by atoms with Crippen molar-refractivity contribution in [3.63, 3.8) is 0 Å². The number of rotatable bonds is 4. The number of halogens is 1. The van der Waals surface area contributed by atoms with E-state index in [2.05, 4.69) is 16.9 Å². The molecule has 0 aliphatic rings. The largest absolute Gasteiger partial charge is 0.307 e.